The van der Waals surface area contributed by atoms with Crippen LogP contribution in [0.15, 0.2) is 22.7 Å². The van der Waals surface area contributed by atoms with Crippen LogP contribution in [0.2, 0.25) is 0 Å². The van der Waals surface area contributed by atoms with Gasteiger partial charge in [0, 0.05) is 0 Å². The van der Waals surface area contributed by atoms with Crippen molar-refractivity contribution in [3.8, 4) is 5.75 Å². The molecule has 0 spiro atoms. The second-order valence-corrected chi connectivity index (χ2v) is 4.54. The molecule has 0 radical (unpaired) electrons. The SMILES string of the molecule is CCCNC(C(N)=O)c1ccc(OC)c(Br)c1. The van der Waals surface area contributed by atoms with Gasteiger partial charge in [0.05, 0.1) is 11.6 Å². The lowest BCUT2D eigenvalue weighted by Gasteiger charge is -2.16. The van der Waals surface area contributed by atoms with Crippen molar-refractivity contribution in [1.82, 2.24) is 5.32 Å². The lowest BCUT2D eigenvalue weighted by Crippen LogP contribution is -2.34. The minimum Gasteiger partial charge on any atom is -0.496 e. The van der Waals surface area contributed by atoms with Crippen LogP contribution in [-0.4, -0.2) is 19.6 Å². The molecule has 1 aromatic carbocycles. The first kappa shape index (κ1) is 14.0. The Morgan fingerprint density at radius 3 is 2.76 bits per heavy atom. The molecule has 0 aromatic heterocycles. The lowest BCUT2D eigenvalue weighted by atomic mass is 10.1. The number of hydrogen-bond donors (Lipinski definition) is 2. The van der Waals surface area contributed by atoms with Crippen LogP contribution in [0, 0.1) is 0 Å². The number of benzene rings is 1. The maximum absolute atomic E-state index is 11.4. The van der Waals surface area contributed by atoms with E-state index in [2.05, 4.69) is 21.2 Å². The minimum absolute atomic E-state index is 0.379. The number of halogens is 1. The topological polar surface area (TPSA) is 64.3 Å². The highest BCUT2D eigenvalue weighted by molar-refractivity contribution is 9.10. The van der Waals surface area contributed by atoms with Crippen LogP contribution in [0.25, 0.3) is 0 Å². The van der Waals surface area contributed by atoms with E-state index >= 15 is 0 Å². The first-order chi connectivity index (χ1) is 8.10. The summed E-state index contributed by atoms with van der Waals surface area (Å²) in [5.74, 6) is 0.350. The van der Waals surface area contributed by atoms with Crippen molar-refractivity contribution >= 4 is 21.8 Å². The van der Waals surface area contributed by atoms with Crippen LogP contribution in [0.3, 0.4) is 0 Å². The summed E-state index contributed by atoms with van der Waals surface area (Å²) in [4.78, 5) is 11.4. The van der Waals surface area contributed by atoms with Gasteiger partial charge in [-0.3, -0.25) is 4.79 Å². The summed E-state index contributed by atoms with van der Waals surface area (Å²) in [6.07, 6.45) is 0.946. The molecule has 0 saturated carbocycles. The molecule has 1 amide bonds. The third-order valence-electron chi connectivity index (χ3n) is 2.39. The quantitative estimate of drug-likeness (QED) is 0.844. The Hall–Kier alpha value is -1.07. The molecule has 0 aliphatic rings. The molecule has 3 N–H and O–H groups in total. The highest BCUT2D eigenvalue weighted by Gasteiger charge is 2.17. The van der Waals surface area contributed by atoms with Crippen molar-refractivity contribution in [2.45, 2.75) is 19.4 Å². The number of rotatable bonds is 6. The fourth-order valence-corrected chi connectivity index (χ4v) is 2.09. The van der Waals surface area contributed by atoms with Gasteiger partial charge >= 0.3 is 0 Å². The van der Waals surface area contributed by atoms with Crippen LogP contribution >= 0.6 is 15.9 Å². The Balaban J connectivity index is 2.94. The van der Waals surface area contributed by atoms with Gasteiger partial charge in [0.25, 0.3) is 0 Å². The van der Waals surface area contributed by atoms with Gasteiger partial charge in [-0.25, -0.2) is 0 Å². The minimum atomic E-state index is -0.461. The Kier molecular flexibility index (Phi) is 5.44. The molecule has 0 aliphatic heterocycles. The molecule has 0 aliphatic carbocycles. The average Bonchev–Trinajstić information content (AvgIpc) is 2.29. The summed E-state index contributed by atoms with van der Waals surface area (Å²) in [5, 5.41) is 3.11. The van der Waals surface area contributed by atoms with Gasteiger partial charge in [-0.1, -0.05) is 13.0 Å². The van der Waals surface area contributed by atoms with Gasteiger partial charge in [-0.15, -0.1) is 0 Å². The number of amides is 1. The molecular weight excluding hydrogens is 284 g/mol. The van der Waals surface area contributed by atoms with E-state index in [0.717, 1.165) is 28.8 Å². The van der Waals surface area contributed by atoms with Crippen LogP contribution in [0.4, 0.5) is 0 Å². The van der Waals surface area contributed by atoms with Gasteiger partial charge < -0.3 is 15.8 Å². The summed E-state index contributed by atoms with van der Waals surface area (Å²) in [5.41, 5.74) is 6.21. The number of ether oxygens (including phenoxy) is 1. The highest BCUT2D eigenvalue weighted by Crippen LogP contribution is 2.28. The van der Waals surface area contributed by atoms with E-state index in [1.54, 1.807) is 7.11 Å². The van der Waals surface area contributed by atoms with Gasteiger partial charge in [0.15, 0.2) is 0 Å². The van der Waals surface area contributed by atoms with Crippen molar-refractivity contribution in [2.75, 3.05) is 13.7 Å². The number of primary amides is 1. The fraction of sp³-hybridized carbons (Fsp3) is 0.417. The zero-order valence-electron chi connectivity index (χ0n) is 10.00. The van der Waals surface area contributed by atoms with E-state index in [0.29, 0.717) is 0 Å². The van der Waals surface area contributed by atoms with Gasteiger partial charge in [-0.05, 0) is 46.6 Å². The molecule has 0 heterocycles. The number of methoxy groups -OCH3 is 1. The predicted octanol–water partition coefficient (Wildman–Crippen LogP) is 1.98. The smallest absolute Gasteiger partial charge is 0.239 e. The maximum Gasteiger partial charge on any atom is 0.239 e. The summed E-state index contributed by atoms with van der Waals surface area (Å²) < 4.78 is 5.95. The van der Waals surface area contributed by atoms with Gasteiger partial charge in [-0.2, -0.15) is 0 Å². The van der Waals surface area contributed by atoms with Crippen LogP contribution in [0.1, 0.15) is 24.9 Å². The van der Waals surface area contributed by atoms with Crippen molar-refractivity contribution in [3.05, 3.63) is 28.2 Å². The fourth-order valence-electron chi connectivity index (χ4n) is 1.53. The molecule has 1 rings (SSSR count). The Morgan fingerprint density at radius 2 is 2.29 bits per heavy atom. The molecule has 1 atom stereocenters. The van der Waals surface area contributed by atoms with E-state index < -0.39 is 6.04 Å². The van der Waals surface area contributed by atoms with Crippen LogP contribution < -0.4 is 15.8 Å². The molecule has 0 fully saturated rings. The van der Waals surface area contributed by atoms with Crippen molar-refractivity contribution in [3.63, 3.8) is 0 Å². The largest absolute Gasteiger partial charge is 0.496 e. The van der Waals surface area contributed by atoms with E-state index in [1.165, 1.54) is 0 Å². The zero-order chi connectivity index (χ0) is 12.8. The summed E-state index contributed by atoms with van der Waals surface area (Å²) in [6.45, 7) is 2.78. The van der Waals surface area contributed by atoms with E-state index in [1.807, 2.05) is 25.1 Å². The van der Waals surface area contributed by atoms with Crippen LogP contribution in [-0.2, 0) is 4.79 Å². The summed E-state index contributed by atoms with van der Waals surface area (Å²) in [6, 6.07) is 5.03. The molecule has 94 valence electrons. The molecule has 0 bridgehead atoms. The average molecular weight is 301 g/mol. The monoisotopic (exact) mass is 300 g/mol. The molecule has 4 nitrogen and oxygen atoms in total. The first-order valence-electron chi connectivity index (χ1n) is 5.46. The molecule has 0 saturated heterocycles. The van der Waals surface area contributed by atoms with Gasteiger partial charge in [0.1, 0.15) is 11.8 Å². The molecule has 17 heavy (non-hydrogen) atoms. The number of nitrogens with one attached hydrogen (secondary N) is 1. The Bertz CT molecular complexity index is 396. The van der Waals surface area contributed by atoms with Crippen LogP contribution in [0.5, 0.6) is 5.75 Å². The van der Waals surface area contributed by atoms with Crippen molar-refractivity contribution < 1.29 is 9.53 Å². The number of carbonyl (C=O) groups is 1. The normalized spacial score (nSPS) is 12.2. The van der Waals surface area contributed by atoms with Crippen molar-refractivity contribution in [1.29, 1.82) is 0 Å². The lowest BCUT2D eigenvalue weighted by molar-refractivity contribution is -0.120. The second kappa shape index (κ2) is 6.61. The van der Waals surface area contributed by atoms with E-state index in [-0.39, 0.29) is 5.91 Å². The number of nitrogens with two attached hydrogens (primary N) is 1. The molecule has 5 heteroatoms. The second-order valence-electron chi connectivity index (χ2n) is 3.68. The summed E-state index contributed by atoms with van der Waals surface area (Å²) >= 11 is 3.39. The van der Waals surface area contributed by atoms with Crippen molar-refractivity contribution in [2.24, 2.45) is 5.73 Å². The summed E-state index contributed by atoms with van der Waals surface area (Å²) in [7, 11) is 1.60. The first-order valence-corrected chi connectivity index (χ1v) is 6.25. The predicted molar refractivity (Wildman–Crippen MR) is 70.9 cm³/mol. The highest BCUT2D eigenvalue weighted by atomic mass is 79.9. The Morgan fingerprint density at radius 1 is 1.59 bits per heavy atom. The van der Waals surface area contributed by atoms with E-state index in [9.17, 15) is 4.79 Å². The third kappa shape index (κ3) is 3.71. The number of hydrogen-bond acceptors (Lipinski definition) is 3. The molecular formula is C12H17BrN2O2. The maximum atomic E-state index is 11.4. The Labute approximate surface area is 110 Å². The van der Waals surface area contributed by atoms with Gasteiger partial charge in [0.2, 0.25) is 5.91 Å². The number of carbonyl (C=O) groups excluding carboxylic acids is 1. The molecule has 1 aromatic rings. The third-order valence-corrected chi connectivity index (χ3v) is 3.01. The standard InChI is InChI=1S/C12H17BrN2O2/c1-3-6-15-11(12(14)16)8-4-5-10(17-2)9(13)7-8/h4-5,7,11,15H,3,6H2,1-2H3,(H2,14,16). The van der Waals surface area contributed by atoms with E-state index in [4.69, 9.17) is 10.5 Å². The zero-order valence-corrected chi connectivity index (χ0v) is 11.6. The molecule has 1 unspecified atom stereocenters.